The molecular formula is C21H21NO4. The molecule has 0 aliphatic heterocycles. The van der Waals surface area contributed by atoms with Gasteiger partial charge in [0, 0.05) is 11.5 Å². The number of fused-ring (bicyclic) bond motifs is 1. The summed E-state index contributed by atoms with van der Waals surface area (Å²) in [5, 5.41) is 10.8. The van der Waals surface area contributed by atoms with E-state index in [2.05, 4.69) is 4.98 Å². The van der Waals surface area contributed by atoms with Gasteiger partial charge in [-0.3, -0.25) is 9.59 Å². The highest BCUT2D eigenvalue weighted by atomic mass is 16.5. The number of carbonyl (C=O) groups excluding carboxylic acids is 1. The summed E-state index contributed by atoms with van der Waals surface area (Å²) in [6.45, 7) is 0. The van der Waals surface area contributed by atoms with Crippen LogP contribution in [0.3, 0.4) is 0 Å². The Hall–Kier alpha value is -2.43. The number of esters is 1. The Morgan fingerprint density at radius 3 is 2.42 bits per heavy atom. The molecule has 0 spiro atoms. The van der Waals surface area contributed by atoms with E-state index in [4.69, 9.17) is 4.74 Å². The van der Waals surface area contributed by atoms with Gasteiger partial charge in [-0.15, -0.1) is 0 Å². The molecule has 2 unspecified atom stereocenters. The van der Waals surface area contributed by atoms with Gasteiger partial charge in [0.25, 0.3) is 0 Å². The Bertz CT molecular complexity index is 907. The molecule has 134 valence electrons. The number of benzene rings is 1. The van der Waals surface area contributed by atoms with Crippen LogP contribution in [0.4, 0.5) is 0 Å². The lowest BCUT2D eigenvalue weighted by atomic mass is 9.44. The number of aliphatic carboxylic acids is 1. The summed E-state index contributed by atoms with van der Waals surface area (Å²) >= 11 is 0. The first-order chi connectivity index (χ1) is 12.5. The fraction of sp³-hybridized carbons (Fsp3) is 0.476. The lowest BCUT2D eigenvalue weighted by Gasteiger charge is -2.58. The summed E-state index contributed by atoms with van der Waals surface area (Å²) in [7, 11) is 0. The monoisotopic (exact) mass is 351 g/mol. The maximum atomic E-state index is 13.1. The summed E-state index contributed by atoms with van der Waals surface area (Å²) in [6, 6.07) is 11.3. The molecule has 0 amide bonds. The fourth-order valence-corrected chi connectivity index (χ4v) is 6.06. The molecule has 2 atom stereocenters. The summed E-state index contributed by atoms with van der Waals surface area (Å²) in [6.07, 6.45) is 4.40. The Morgan fingerprint density at radius 1 is 1.00 bits per heavy atom. The van der Waals surface area contributed by atoms with E-state index in [1.165, 1.54) is 0 Å². The number of carboxylic acids is 1. The van der Waals surface area contributed by atoms with Crippen LogP contribution in [0.15, 0.2) is 36.4 Å². The molecule has 26 heavy (non-hydrogen) atoms. The number of nitrogens with zero attached hydrogens (tertiary/aromatic N) is 1. The number of aromatic nitrogens is 1. The molecule has 1 heterocycles. The second-order valence-electron chi connectivity index (χ2n) is 8.56. The van der Waals surface area contributed by atoms with Crippen LogP contribution in [0.2, 0.25) is 0 Å². The zero-order chi connectivity index (χ0) is 17.9. The Labute approximate surface area is 151 Å². The smallest absolute Gasteiger partial charge is 0.318 e. The molecule has 4 fully saturated rings. The zero-order valence-electron chi connectivity index (χ0n) is 14.5. The molecule has 1 aromatic heterocycles. The third-order valence-corrected chi connectivity index (χ3v) is 6.72. The molecule has 0 radical (unpaired) electrons. The Balaban J connectivity index is 1.45. The first-order valence-electron chi connectivity index (χ1n) is 9.30. The van der Waals surface area contributed by atoms with Crippen LogP contribution < -0.4 is 4.74 Å². The maximum Gasteiger partial charge on any atom is 0.318 e. The van der Waals surface area contributed by atoms with Crippen LogP contribution in [0.25, 0.3) is 10.9 Å². The third-order valence-electron chi connectivity index (χ3n) is 6.72. The van der Waals surface area contributed by atoms with Crippen molar-refractivity contribution in [3.8, 4) is 5.88 Å². The quantitative estimate of drug-likeness (QED) is 0.851. The van der Waals surface area contributed by atoms with Crippen molar-refractivity contribution in [2.24, 2.45) is 22.7 Å². The van der Waals surface area contributed by atoms with Crippen molar-refractivity contribution < 1.29 is 19.4 Å². The van der Waals surface area contributed by atoms with E-state index in [9.17, 15) is 14.7 Å². The molecular weight excluding hydrogens is 330 g/mol. The fourth-order valence-electron chi connectivity index (χ4n) is 6.06. The van der Waals surface area contributed by atoms with Crippen LogP contribution in [0, 0.1) is 22.7 Å². The van der Waals surface area contributed by atoms with Gasteiger partial charge in [0.15, 0.2) is 0 Å². The average molecular weight is 351 g/mol. The number of hydrogen-bond donors (Lipinski definition) is 1. The number of para-hydroxylation sites is 1. The van der Waals surface area contributed by atoms with E-state index in [0.717, 1.165) is 30.2 Å². The lowest BCUT2D eigenvalue weighted by Crippen LogP contribution is -2.58. The molecule has 0 saturated heterocycles. The normalized spacial score (nSPS) is 34.8. The Morgan fingerprint density at radius 2 is 1.69 bits per heavy atom. The maximum absolute atomic E-state index is 13.1. The van der Waals surface area contributed by atoms with Crippen molar-refractivity contribution in [3.63, 3.8) is 0 Å². The minimum absolute atomic E-state index is 0.292. The highest BCUT2D eigenvalue weighted by Gasteiger charge is 2.64. The van der Waals surface area contributed by atoms with E-state index in [1.807, 2.05) is 30.3 Å². The van der Waals surface area contributed by atoms with E-state index >= 15 is 0 Å². The summed E-state index contributed by atoms with van der Waals surface area (Å²) < 4.78 is 5.69. The van der Waals surface area contributed by atoms with Gasteiger partial charge in [-0.05, 0) is 62.5 Å². The predicted molar refractivity (Wildman–Crippen MR) is 94.6 cm³/mol. The van der Waals surface area contributed by atoms with E-state index < -0.39 is 16.8 Å². The summed E-state index contributed by atoms with van der Waals surface area (Å²) in [4.78, 5) is 29.5. The molecule has 4 bridgehead atoms. The van der Waals surface area contributed by atoms with Gasteiger partial charge in [0.2, 0.25) is 5.88 Å². The molecule has 5 heteroatoms. The number of carbonyl (C=O) groups is 2. The lowest BCUT2D eigenvalue weighted by molar-refractivity contribution is -0.185. The van der Waals surface area contributed by atoms with Crippen LogP contribution >= 0.6 is 0 Å². The second-order valence-corrected chi connectivity index (χ2v) is 8.56. The van der Waals surface area contributed by atoms with Gasteiger partial charge in [-0.25, -0.2) is 4.98 Å². The predicted octanol–water partition coefficient (Wildman–Crippen LogP) is 3.81. The van der Waals surface area contributed by atoms with Gasteiger partial charge in [-0.1, -0.05) is 18.2 Å². The minimum atomic E-state index is -0.743. The highest BCUT2D eigenvalue weighted by Crippen LogP contribution is 2.65. The van der Waals surface area contributed by atoms with Crippen molar-refractivity contribution in [3.05, 3.63) is 36.4 Å². The zero-order valence-corrected chi connectivity index (χ0v) is 14.5. The first-order valence-corrected chi connectivity index (χ1v) is 9.30. The van der Waals surface area contributed by atoms with Crippen LogP contribution in [0.1, 0.15) is 38.5 Å². The van der Waals surface area contributed by atoms with Crippen molar-refractivity contribution in [2.45, 2.75) is 38.5 Å². The van der Waals surface area contributed by atoms with Crippen LogP contribution in [-0.2, 0) is 9.59 Å². The number of carboxylic acid groups (broad SMARTS) is 1. The van der Waals surface area contributed by atoms with Crippen molar-refractivity contribution in [1.82, 2.24) is 4.98 Å². The van der Waals surface area contributed by atoms with E-state index in [-0.39, 0.29) is 5.97 Å². The van der Waals surface area contributed by atoms with Crippen LogP contribution in [-0.4, -0.2) is 22.0 Å². The molecule has 6 rings (SSSR count). The number of ether oxygens (including phenoxy) is 1. The molecule has 5 nitrogen and oxygen atoms in total. The molecule has 4 saturated carbocycles. The molecule has 4 aliphatic rings. The van der Waals surface area contributed by atoms with Gasteiger partial charge >= 0.3 is 11.9 Å². The Kier molecular flexibility index (Phi) is 3.21. The van der Waals surface area contributed by atoms with Gasteiger partial charge in [-0.2, -0.15) is 0 Å². The number of pyridine rings is 1. The van der Waals surface area contributed by atoms with Gasteiger partial charge in [0.05, 0.1) is 16.3 Å². The molecule has 2 aromatic rings. The van der Waals surface area contributed by atoms with E-state index in [0.29, 0.717) is 37.0 Å². The topological polar surface area (TPSA) is 76.5 Å². The molecule has 1 N–H and O–H groups in total. The molecule has 1 aromatic carbocycles. The third kappa shape index (κ3) is 2.26. The van der Waals surface area contributed by atoms with E-state index in [1.54, 1.807) is 6.07 Å². The summed E-state index contributed by atoms with van der Waals surface area (Å²) in [5.74, 6) is -0.0876. The van der Waals surface area contributed by atoms with Gasteiger partial charge in [0.1, 0.15) is 0 Å². The van der Waals surface area contributed by atoms with Gasteiger partial charge < -0.3 is 9.84 Å². The highest BCUT2D eigenvalue weighted by molar-refractivity contribution is 5.84. The van der Waals surface area contributed by atoms with Crippen LogP contribution in [0.5, 0.6) is 5.88 Å². The average Bonchev–Trinajstić information content (AvgIpc) is 2.60. The van der Waals surface area contributed by atoms with Crippen molar-refractivity contribution in [1.29, 1.82) is 0 Å². The minimum Gasteiger partial charge on any atom is -0.481 e. The second kappa shape index (κ2) is 5.29. The van der Waals surface area contributed by atoms with Crippen molar-refractivity contribution >= 4 is 22.8 Å². The first kappa shape index (κ1) is 15.8. The largest absolute Gasteiger partial charge is 0.481 e. The standard InChI is InChI=1S/C21H21NO4/c23-18(24)20-8-13-7-14(9-20)11-21(10-13,12-20)19(25)26-17-6-5-15-3-1-2-4-16(15)22-17/h1-6,13-14H,7-12H2,(H,23,24). The number of rotatable bonds is 3. The molecule has 4 aliphatic carbocycles. The summed E-state index contributed by atoms with van der Waals surface area (Å²) in [5.41, 5.74) is -0.610. The van der Waals surface area contributed by atoms with Crippen molar-refractivity contribution in [2.75, 3.05) is 0 Å². The number of hydrogen-bond acceptors (Lipinski definition) is 4. The SMILES string of the molecule is O=C(O)C12CC3CC(C1)CC(C(=O)Oc1ccc4ccccc4n1)(C3)C2.